The maximum Gasteiger partial charge on any atom is 0.221 e. The molecular weight excluding hydrogens is 382 g/mol. The average molecular weight is 410 g/mol. The smallest absolute Gasteiger partial charge is 0.221 e. The molecule has 1 unspecified atom stereocenters. The largest absolute Gasteiger partial charge is 0.628 e. The van der Waals surface area contributed by atoms with E-state index in [1.54, 1.807) is 12.1 Å². The number of hydrogen-bond acceptors (Lipinski definition) is 6. The van der Waals surface area contributed by atoms with Gasteiger partial charge in [-0.25, -0.2) is 0 Å². The van der Waals surface area contributed by atoms with Gasteiger partial charge in [-0.1, -0.05) is 6.92 Å². The third kappa shape index (κ3) is 4.51. The minimum Gasteiger partial charge on any atom is -0.628 e. The molecule has 0 radical (unpaired) electrons. The molecule has 2 aromatic carbocycles. The van der Waals surface area contributed by atoms with Crippen LogP contribution in [-0.2, 0) is 4.79 Å². The summed E-state index contributed by atoms with van der Waals surface area (Å²) < 4.78 is 0. The Morgan fingerprint density at radius 3 is 2.47 bits per heavy atom. The second-order valence-corrected chi connectivity index (χ2v) is 8.31. The highest BCUT2D eigenvalue weighted by molar-refractivity contribution is 5.93. The van der Waals surface area contributed by atoms with Crippen molar-refractivity contribution < 1.29 is 10.0 Å². The number of azo groups is 1. The Hall–Kier alpha value is -2.81. The van der Waals surface area contributed by atoms with Gasteiger partial charge in [-0.05, 0) is 62.9 Å². The number of anilines is 2. The summed E-state index contributed by atoms with van der Waals surface area (Å²) in [5.74, 6) is 0.149. The molecule has 0 spiro atoms. The summed E-state index contributed by atoms with van der Waals surface area (Å²) in [6.07, 6.45) is 1.01. The molecule has 1 aliphatic rings. The minimum absolute atomic E-state index is 0.0123. The first kappa shape index (κ1) is 21.9. The van der Waals surface area contributed by atoms with Crippen molar-refractivity contribution in [2.24, 2.45) is 10.2 Å². The van der Waals surface area contributed by atoms with Gasteiger partial charge < -0.3 is 25.9 Å². The molecule has 2 aromatic rings. The van der Waals surface area contributed by atoms with Crippen LogP contribution in [0.5, 0.6) is 0 Å². The lowest BCUT2D eigenvalue weighted by Crippen LogP contribution is -2.96. The van der Waals surface area contributed by atoms with Gasteiger partial charge in [0, 0.05) is 36.8 Å². The van der Waals surface area contributed by atoms with Gasteiger partial charge in [0.2, 0.25) is 5.91 Å². The molecule has 1 atom stereocenters. The Bertz CT molecular complexity index is 954. The number of fused-ring (bicyclic) bond motifs is 1. The zero-order chi connectivity index (χ0) is 22.1. The highest BCUT2D eigenvalue weighted by Crippen LogP contribution is 2.47. The van der Waals surface area contributed by atoms with Crippen LogP contribution in [0.3, 0.4) is 0 Å². The quantitative estimate of drug-likeness (QED) is 0.551. The molecule has 0 fully saturated rings. The molecule has 8 nitrogen and oxygen atoms in total. The van der Waals surface area contributed by atoms with E-state index in [9.17, 15) is 15.2 Å². The first-order chi connectivity index (χ1) is 14.1. The Labute approximate surface area is 176 Å². The molecule has 2 N–H and O–H groups in total. The van der Waals surface area contributed by atoms with E-state index in [0.29, 0.717) is 23.0 Å². The maximum atomic E-state index is 11.8. The summed E-state index contributed by atoms with van der Waals surface area (Å²) in [6.45, 7) is 11.1. The first-order valence-electron chi connectivity index (χ1n) is 10.1. The van der Waals surface area contributed by atoms with E-state index in [1.165, 1.54) is 24.6 Å². The second-order valence-electron chi connectivity index (χ2n) is 8.31. The van der Waals surface area contributed by atoms with Gasteiger partial charge >= 0.3 is 0 Å². The van der Waals surface area contributed by atoms with E-state index in [4.69, 9.17) is 0 Å². The molecular formula is C22H28N5O3-. The molecule has 160 valence electrons. The SMILES string of the molecule is CCN1c2cc(NC(C)=O)c(N=Nc3ccc([NH+]([O-])[O-])cc3)cc2C(C)CC1(C)C. The van der Waals surface area contributed by atoms with Crippen LogP contribution in [0.25, 0.3) is 0 Å². The summed E-state index contributed by atoms with van der Waals surface area (Å²) in [4.78, 5) is 14.1. The third-order valence-corrected chi connectivity index (χ3v) is 5.51. The van der Waals surface area contributed by atoms with Gasteiger partial charge in [-0.3, -0.25) is 4.79 Å². The van der Waals surface area contributed by atoms with Gasteiger partial charge in [0.15, 0.2) is 0 Å². The zero-order valence-electron chi connectivity index (χ0n) is 18.0. The number of quaternary nitrogens is 1. The molecule has 0 saturated carbocycles. The van der Waals surface area contributed by atoms with Crippen LogP contribution in [0, 0.1) is 10.4 Å². The Balaban J connectivity index is 2.03. The lowest BCUT2D eigenvalue weighted by atomic mass is 9.79. The van der Waals surface area contributed by atoms with E-state index in [1.807, 2.05) is 12.1 Å². The molecule has 30 heavy (non-hydrogen) atoms. The van der Waals surface area contributed by atoms with Gasteiger partial charge in [-0.15, -0.1) is 5.11 Å². The number of carbonyl (C=O) groups is 1. The Morgan fingerprint density at radius 2 is 1.90 bits per heavy atom. The standard InChI is InChI=1S/C22H28N5O3/c1-6-26-21-12-19(23-15(3)28)20(11-18(21)14(2)13-22(26,4)5)25-24-16-7-9-17(10-8-16)27(29)30/h7-12,14,27H,6,13H2,1-5H3,(H,23,28)/q-1. The molecule has 1 amide bonds. The van der Waals surface area contributed by atoms with Crippen molar-refractivity contribution in [3.63, 3.8) is 0 Å². The number of amides is 1. The van der Waals surface area contributed by atoms with Crippen LogP contribution in [0.4, 0.5) is 28.4 Å². The number of hydrogen-bond donors (Lipinski definition) is 2. The van der Waals surface area contributed by atoms with E-state index in [0.717, 1.165) is 18.7 Å². The fourth-order valence-electron chi connectivity index (χ4n) is 4.26. The van der Waals surface area contributed by atoms with Gasteiger partial charge in [0.05, 0.1) is 11.4 Å². The normalized spacial score (nSPS) is 18.0. The number of rotatable bonds is 5. The van der Waals surface area contributed by atoms with E-state index < -0.39 is 5.23 Å². The first-order valence-corrected chi connectivity index (χ1v) is 10.1. The number of benzene rings is 2. The molecule has 1 heterocycles. The molecule has 3 rings (SSSR count). The molecule has 0 saturated heterocycles. The average Bonchev–Trinajstić information content (AvgIpc) is 2.66. The monoisotopic (exact) mass is 410 g/mol. The van der Waals surface area contributed by atoms with Crippen LogP contribution in [0.2, 0.25) is 0 Å². The minimum atomic E-state index is -1.24. The fourth-order valence-corrected chi connectivity index (χ4v) is 4.26. The lowest BCUT2D eigenvalue weighted by molar-refractivity contribution is -0.715. The Morgan fingerprint density at radius 1 is 1.23 bits per heavy atom. The van der Waals surface area contributed by atoms with Crippen molar-refractivity contribution in [3.8, 4) is 0 Å². The molecule has 0 aliphatic carbocycles. The zero-order valence-corrected chi connectivity index (χ0v) is 18.0. The maximum absolute atomic E-state index is 11.8. The summed E-state index contributed by atoms with van der Waals surface area (Å²) in [6, 6.07) is 9.95. The summed E-state index contributed by atoms with van der Waals surface area (Å²) >= 11 is 0. The van der Waals surface area contributed by atoms with Crippen molar-refractivity contribution in [2.75, 3.05) is 16.8 Å². The predicted molar refractivity (Wildman–Crippen MR) is 119 cm³/mol. The van der Waals surface area contributed by atoms with Crippen LogP contribution in [0.1, 0.15) is 52.5 Å². The number of carbonyl (C=O) groups excluding carboxylic acids is 1. The Kier molecular flexibility index (Phi) is 6.21. The van der Waals surface area contributed by atoms with Gasteiger partial charge in [0.1, 0.15) is 11.4 Å². The van der Waals surface area contributed by atoms with E-state index in [-0.39, 0.29) is 17.1 Å². The molecule has 1 aliphatic heterocycles. The van der Waals surface area contributed by atoms with E-state index >= 15 is 0 Å². The summed E-state index contributed by atoms with van der Waals surface area (Å²) in [5, 5.41) is 32.0. The highest BCUT2D eigenvalue weighted by atomic mass is 16.8. The third-order valence-electron chi connectivity index (χ3n) is 5.51. The van der Waals surface area contributed by atoms with Crippen molar-refractivity contribution in [1.82, 2.24) is 0 Å². The van der Waals surface area contributed by atoms with Crippen LogP contribution in [-0.4, -0.2) is 18.0 Å². The topological polar surface area (TPSA) is 108 Å². The van der Waals surface area contributed by atoms with Gasteiger partial charge in [-0.2, -0.15) is 5.11 Å². The number of nitrogens with one attached hydrogen (secondary N) is 2. The fraction of sp³-hybridized carbons (Fsp3) is 0.409. The second kappa shape index (κ2) is 8.51. The van der Waals surface area contributed by atoms with Crippen molar-refractivity contribution in [2.45, 2.75) is 52.5 Å². The van der Waals surface area contributed by atoms with Gasteiger partial charge in [0.25, 0.3) is 0 Å². The number of nitrogens with zero attached hydrogens (tertiary/aromatic N) is 3. The predicted octanol–water partition coefficient (Wildman–Crippen LogP) is 4.68. The molecule has 8 heteroatoms. The van der Waals surface area contributed by atoms with Crippen LogP contribution >= 0.6 is 0 Å². The lowest BCUT2D eigenvalue weighted by Gasteiger charge is -2.47. The highest BCUT2D eigenvalue weighted by Gasteiger charge is 2.36. The van der Waals surface area contributed by atoms with Crippen LogP contribution < -0.4 is 15.4 Å². The molecule has 0 bridgehead atoms. The summed E-state index contributed by atoms with van der Waals surface area (Å²) in [7, 11) is 0. The molecule has 0 aromatic heterocycles. The van der Waals surface area contributed by atoms with Crippen LogP contribution in [0.15, 0.2) is 46.6 Å². The van der Waals surface area contributed by atoms with Crippen molar-refractivity contribution >= 4 is 34.3 Å². The van der Waals surface area contributed by atoms with E-state index in [2.05, 4.69) is 48.1 Å². The van der Waals surface area contributed by atoms with Crippen molar-refractivity contribution in [1.29, 1.82) is 0 Å². The van der Waals surface area contributed by atoms with Crippen molar-refractivity contribution in [3.05, 3.63) is 52.4 Å². The summed E-state index contributed by atoms with van der Waals surface area (Å²) in [5.41, 5.74) is 4.04.